The highest BCUT2D eigenvalue weighted by Gasteiger charge is 2.14. The Labute approximate surface area is 183 Å². The molecule has 3 heterocycles. The van der Waals surface area contributed by atoms with Gasteiger partial charge in [0.05, 0.1) is 16.2 Å². The number of carbonyl (C=O) groups excluding carboxylic acids is 1. The van der Waals surface area contributed by atoms with Crippen LogP contribution in [0.4, 0.5) is 5.69 Å². The van der Waals surface area contributed by atoms with Crippen molar-refractivity contribution in [1.29, 1.82) is 0 Å². The van der Waals surface area contributed by atoms with Gasteiger partial charge in [0.25, 0.3) is 11.6 Å². The van der Waals surface area contributed by atoms with Crippen LogP contribution in [0.3, 0.4) is 0 Å². The van der Waals surface area contributed by atoms with Crippen LogP contribution in [0.15, 0.2) is 57.0 Å². The Morgan fingerprint density at radius 1 is 1.34 bits per heavy atom. The summed E-state index contributed by atoms with van der Waals surface area (Å²) in [5.74, 6) is 0.264. The molecular weight excluding hydrogens is 442 g/mol. The van der Waals surface area contributed by atoms with Crippen molar-refractivity contribution in [2.24, 2.45) is 5.10 Å². The van der Waals surface area contributed by atoms with E-state index in [9.17, 15) is 19.7 Å². The van der Waals surface area contributed by atoms with Gasteiger partial charge in [-0.3, -0.25) is 24.4 Å². The molecule has 0 unspecified atom stereocenters. The number of nitro benzene ring substituents is 1. The monoisotopic (exact) mass is 455 g/mol. The van der Waals surface area contributed by atoms with Crippen LogP contribution in [0.5, 0.6) is 0 Å². The van der Waals surface area contributed by atoms with Gasteiger partial charge in [-0.25, -0.2) is 9.94 Å². The predicted octanol–water partition coefficient (Wildman–Crippen LogP) is 2.17. The van der Waals surface area contributed by atoms with Crippen molar-refractivity contribution >= 4 is 35.1 Å². The van der Waals surface area contributed by atoms with Crippen molar-refractivity contribution in [2.45, 2.75) is 13.5 Å². The predicted molar refractivity (Wildman–Crippen MR) is 114 cm³/mol. The minimum Gasteiger partial charge on any atom is -0.455 e. The van der Waals surface area contributed by atoms with Gasteiger partial charge in [0, 0.05) is 29.5 Å². The number of hydrogen-bond acceptors (Lipinski definition) is 8. The smallest absolute Gasteiger partial charge is 0.270 e. The summed E-state index contributed by atoms with van der Waals surface area (Å²) in [5, 5.41) is 22.3. The molecule has 4 rings (SSSR count). The van der Waals surface area contributed by atoms with Gasteiger partial charge in [0.1, 0.15) is 24.4 Å². The van der Waals surface area contributed by atoms with Gasteiger partial charge in [-0.2, -0.15) is 5.10 Å². The van der Waals surface area contributed by atoms with E-state index < -0.39 is 10.8 Å². The minimum absolute atomic E-state index is 0.111. The third-order valence-electron chi connectivity index (χ3n) is 4.49. The normalized spacial score (nSPS) is 11.3. The lowest BCUT2D eigenvalue weighted by Crippen LogP contribution is -2.28. The standard InChI is InChI=1S/C19H14ClN7O5/c1-11-6-16(28)19-24-22-10-26(19)25(11)9-18(29)23-21-8-13-3-5-17(32-13)14-4-2-12(27(30)31)7-15(14)20/h2-8,10H,9H2,1H3,(H,23,29)/b21-8-. The molecule has 1 aromatic carbocycles. The number of non-ortho nitro benzene ring substituents is 1. The van der Waals surface area contributed by atoms with Crippen LogP contribution in [0.25, 0.3) is 17.0 Å². The van der Waals surface area contributed by atoms with Gasteiger partial charge >= 0.3 is 0 Å². The fraction of sp³-hybridized carbons (Fsp3) is 0.105. The van der Waals surface area contributed by atoms with Gasteiger partial charge in [-0.1, -0.05) is 11.6 Å². The Kier molecular flexibility index (Phi) is 5.52. The number of benzene rings is 1. The maximum absolute atomic E-state index is 12.3. The highest BCUT2D eigenvalue weighted by atomic mass is 35.5. The van der Waals surface area contributed by atoms with E-state index in [0.717, 1.165) is 0 Å². The van der Waals surface area contributed by atoms with E-state index >= 15 is 0 Å². The Morgan fingerprint density at radius 3 is 2.91 bits per heavy atom. The average molecular weight is 456 g/mol. The second-order valence-corrected chi connectivity index (χ2v) is 7.03. The summed E-state index contributed by atoms with van der Waals surface area (Å²) < 4.78 is 8.54. The van der Waals surface area contributed by atoms with Gasteiger partial charge in [-0.05, 0) is 25.1 Å². The lowest BCUT2D eigenvalue weighted by Gasteiger charge is -2.11. The van der Waals surface area contributed by atoms with Gasteiger partial charge in [-0.15, -0.1) is 10.2 Å². The fourth-order valence-corrected chi connectivity index (χ4v) is 3.26. The van der Waals surface area contributed by atoms with Crippen LogP contribution in [-0.4, -0.2) is 36.4 Å². The van der Waals surface area contributed by atoms with E-state index in [1.807, 2.05) is 0 Å². The lowest BCUT2D eigenvalue weighted by molar-refractivity contribution is -0.384. The molecule has 1 amide bonds. The average Bonchev–Trinajstić information content (AvgIpc) is 3.41. The van der Waals surface area contributed by atoms with Crippen LogP contribution in [0.2, 0.25) is 5.02 Å². The summed E-state index contributed by atoms with van der Waals surface area (Å²) in [6.07, 6.45) is 2.64. The van der Waals surface area contributed by atoms with E-state index in [1.54, 1.807) is 19.1 Å². The summed E-state index contributed by atoms with van der Waals surface area (Å²) in [6, 6.07) is 8.65. The first-order valence-electron chi connectivity index (χ1n) is 9.10. The quantitative estimate of drug-likeness (QED) is 0.266. The second kappa shape index (κ2) is 8.43. The van der Waals surface area contributed by atoms with Gasteiger partial charge in [0.2, 0.25) is 11.1 Å². The van der Waals surface area contributed by atoms with Crippen LogP contribution in [0.1, 0.15) is 11.5 Å². The minimum atomic E-state index is -0.540. The number of hydrazone groups is 1. The van der Waals surface area contributed by atoms with Crippen LogP contribution in [0, 0.1) is 17.0 Å². The zero-order chi connectivity index (χ0) is 22.8. The van der Waals surface area contributed by atoms with Crippen LogP contribution >= 0.6 is 11.6 Å². The van der Waals surface area contributed by atoms with E-state index in [-0.39, 0.29) is 28.3 Å². The zero-order valence-electron chi connectivity index (χ0n) is 16.4. The number of nitrogens with zero attached hydrogens (tertiary/aromatic N) is 6. The molecule has 0 saturated heterocycles. The van der Waals surface area contributed by atoms with E-state index in [0.29, 0.717) is 22.8 Å². The number of rotatable bonds is 6. The largest absolute Gasteiger partial charge is 0.455 e. The molecule has 0 atom stereocenters. The van der Waals surface area contributed by atoms with Gasteiger partial charge < -0.3 is 4.42 Å². The highest BCUT2D eigenvalue weighted by Crippen LogP contribution is 2.31. The number of aromatic nitrogens is 4. The molecular formula is C19H14ClN7O5. The maximum atomic E-state index is 12.3. The number of fused-ring (bicyclic) bond motifs is 1. The zero-order valence-corrected chi connectivity index (χ0v) is 17.2. The third kappa shape index (κ3) is 4.11. The first-order valence-corrected chi connectivity index (χ1v) is 9.48. The molecule has 1 N–H and O–H groups in total. The summed E-state index contributed by atoms with van der Waals surface area (Å²) in [5.41, 5.74) is 3.10. The Bertz CT molecular complexity index is 1440. The molecule has 0 bridgehead atoms. The Morgan fingerprint density at radius 2 is 2.16 bits per heavy atom. The summed E-state index contributed by atoms with van der Waals surface area (Å²) in [4.78, 5) is 34.5. The third-order valence-corrected chi connectivity index (χ3v) is 4.80. The van der Waals surface area contributed by atoms with Crippen molar-refractivity contribution in [3.05, 3.63) is 79.5 Å². The number of aryl methyl sites for hydroxylation is 1. The number of hydrogen-bond donors (Lipinski definition) is 1. The number of furan rings is 1. The van der Waals surface area contributed by atoms with Crippen LogP contribution in [-0.2, 0) is 11.3 Å². The molecule has 0 saturated carbocycles. The summed E-state index contributed by atoms with van der Waals surface area (Å²) >= 11 is 6.11. The van der Waals surface area contributed by atoms with Crippen LogP contribution < -0.4 is 10.9 Å². The van der Waals surface area contributed by atoms with Crippen molar-refractivity contribution in [3.63, 3.8) is 0 Å². The topological polar surface area (TPSA) is 150 Å². The summed E-state index contributed by atoms with van der Waals surface area (Å²) in [7, 11) is 0. The first-order chi connectivity index (χ1) is 15.3. The number of halogens is 1. The van der Waals surface area contributed by atoms with E-state index in [1.165, 1.54) is 46.0 Å². The Hall–Kier alpha value is -4.32. The molecule has 0 aliphatic heterocycles. The molecule has 162 valence electrons. The first kappa shape index (κ1) is 20.9. The molecule has 32 heavy (non-hydrogen) atoms. The highest BCUT2D eigenvalue weighted by molar-refractivity contribution is 6.33. The molecule has 12 nitrogen and oxygen atoms in total. The molecule has 3 aromatic heterocycles. The fourth-order valence-electron chi connectivity index (χ4n) is 2.99. The van der Waals surface area contributed by atoms with Crippen molar-refractivity contribution < 1.29 is 14.1 Å². The number of nitro groups is 1. The van der Waals surface area contributed by atoms with Crippen molar-refractivity contribution in [1.82, 2.24) is 24.8 Å². The van der Waals surface area contributed by atoms with E-state index in [2.05, 4.69) is 20.7 Å². The number of carbonyl (C=O) groups is 1. The molecule has 0 spiro atoms. The molecule has 4 aromatic rings. The van der Waals surface area contributed by atoms with E-state index in [4.69, 9.17) is 16.0 Å². The molecule has 13 heteroatoms. The van der Waals surface area contributed by atoms with Crippen molar-refractivity contribution in [3.8, 4) is 11.3 Å². The lowest BCUT2D eigenvalue weighted by atomic mass is 10.1. The SMILES string of the molecule is Cc1cc(=O)c2nncn2n1CC(=O)N/N=C\c1ccc(-c2ccc([N+](=O)[O-])cc2Cl)o1. The Balaban J connectivity index is 1.44. The molecule has 0 fully saturated rings. The maximum Gasteiger partial charge on any atom is 0.270 e. The number of nitrogens with one attached hydrogen (secondary N) is 1. The molecule has 0 aliphatic rings. The summed E-state index contributed by atoms with van der Waals surface area (Å²) in [6.45, 7) is 1.56. The molecule has 0 aliphatic carbocycles. The molecule has 0 radical (unpaired) electrons. The van der Waals surface area contributed by atoms with Gasteiger partial charge in [0.15, 0.2) is 0 Å². The number of amides is 1. The van der Waals surface area contributed by atoms with Crippen molar-refractivity contribution in [2.75, 3.05) is 0 Å². The second-order valence-electron chi connectivity index (χ2n) is 6.62.